The molecular formula is C20H22N2O2. The van der Waals surface area contributed by atoms with Gasteiger partial charge in [-0.1, -0.05) is 35.9 Å². The van der Waals surface area contributed by atoms with Crippen molar-refractivity contribution in [3.8, 4) is 0 Å². The molecule has 0 aliphatic rings. The largest absolute Gasteiger partial charge is 0.387 e. The molecule has 1 heterocycles. The lowest BCUT2D eigenvalue weighted by Crippen LogP contribution is -2.28. The van der Waals surface area contributed by atoms with E-state index in [0.717, 1.165) is 27.6 Å². The van der Waals surface area contributed by atoms with E-state index in [1.54, 1.807) is 0 Å². The Morgan fingerprint density at radius 3 is 2.92 bits per heavy atom. The van der Waals surface area contributed by atoms with E-state index >= 15 is 0 Å². The number of H-pyrrole nitrogens is 1. The van der Waals surface area contributed by atoms with Gasteiger partial charge in [0.25, 0.3) is 0 Å². The molecule has 0 fully saturated rings. The standard InChI is InChI=1S/C20H22N2O2/c1-14-3-2-4-17(11-14)19(23)13-22-20(24)8-6-15-5-7-18-16(12-15)9-10-21-18/h2-5,7,9-12,19,21,23H,6,8,13H2,1H3,(H,22,24). The van der Waals surface area contributed by atoms with Crippen molar-refractivity contribution in [3.63, 3.8) is 0 Å². The molecule has 0 bridgehead atoms. The zero-order valence-electron chi connectivity index (χ0n) is 13.8. The van der Waals surface area contributed by atoms with Crippen molar-refractivity contribution in [3.05, 3.63) is 71.4 Å². The number of aromatic amines is 1. The number of amides is 1. The summed E-state index contributed by atoms with van der Waals surface area (Å²) < 4.78 is 0. The second-order valence-electron chi connectivity index (χ2n) is 6.13. The number of aliphatic hydroxyl groups excluding tert-OH is 1. The van der Waals surface area contributed by atoms with Gasteiger partial charge in [-0.15, -0.1) is 0 Å². The molecule has 0 aliphatic carbocycles. The van der Waals surface area contributed by atoms with E-state index < -0.39 is 6.10 Å². The van der Waals surface area contributed by atoms with Crippen LogP contribution in [0.1, 0.15) is 29.2 Å². The van der Waals surface area contributed by atoms with Gasteiger partial charge in [0.1, 0.15) is 0 Å². The Labute approximate surface area is 141 Å². The van der Waals surface area contributed by atoms with Gasteiger partial charge in [0, 0.05) is 24.7 Å². The predicted molar refractivity (Wildman–Crippen MR) is 95.8 cm³/mol. The fourth-order valence-electron chi connectivity index (χ4n) is 2.81. The summed E-state index contributed by atoms with van der Waals surface area (Å²) in [5, 5.41) is 14.1. The van der Waals surface area contributed by atoms with E-state index in [2.05, 4.69) is 16.4 Å². The maximum Gasteiger partial charge on any atom is 0.220 e. The fourth-order valence-corrected chi connectivity index (χ4v) is 2.81. The van der Waals surface area contributed by atoms with Crippen LogP contribution in [0.2, 0.25) is 0 Å². The molecule has 0 spiro atoms. The number of aryl methyl sites for hydroxylation is 2. The van der Waals surface area contributed by atoms with E-state index in [0.29, 0.717) is 12.8 Å². The van der Waals surface area contributed by atoms with Gasteiger partial charge in [-0.2, -0.15) is 0 Å². The van der Waals surface area contributed by atoms with Crippen LogP contribution >= 0.6 is 0 Å². The first-order valence-corrected chi connectivity index (χ1v) is 8.19. The predicted octanol–water partition coefficient (Wildman–Crippen LogP) is 3.26. The highest BCUT2D eigenvalue weighted by molar-refractivity contribution is 5.80. The number of rotatable bonds is 6. The molecule has 1 unspecified atom stereocenters. The Balaban J connectivity index is 1.48. The lowest BCUT2D eigenvalue weighted by Gasteiger charge is -2.13. The highest BCUT2D eigenvalue weighted by atomic mass is 16.3. The van der Waals surface area contributed by atoms with Crippen molar-refractivity contribution >= 4 is 16.8 Å². The molecular weight excluding hydrogens is 300 g/mol. The highest BCUT2D eigenvalue weighted by Gasteiger charge is 2.10. The van der Waals surface area contributed by atoms with E-state index in [-0.39, 0.29) is 12.5 Å². The van der Waals surface area contributed by atoms with Gasteiger partial charge in [-0.3, -0.25) is 4.79 Å². The molecule has 3 N–H and O–H groups in total. The van der Waals surface area contributed by atoms with Gasteiger partial charge >= 0.3 is 0 Å². The fraction of sp³-hybridized carbons (Fsp3) is 0.250. The molecule has 1 aromatic heterocycles. The van der Waals surface area contributed by atoms with Crippen LogP contribution in [0.5, 0.6) is 0 Å². The lowest BCUT2D eigenvalue weighted by molar-refractivity contribution is -0.121. The van der Waals surface area contributed by atoms with Crippen molar-refractivity contribution in [2.45, 2.75) is 25.9 Å². The van der Waals surface area contributed by atoms with Gasteiger partial charge < -0.3 is 15.4 Å². The Bertz CT molecular complexity index is 838. The molecule has 0 aliphatic heterocycles. The Morgan fingerprint density at radius 1 is 1.21 bits per heavy atom. The van der Waals surface area contributed by atoms with Gasteiger partial charge in [0.05, 0.1) is 6.10 Å². The minimum Gasteiger partial charge on any atom is -0.387 e. The summed E-state index contributed by atoms with van der Waals surface area (Å²) >= 11 is 0. The van der Waals surface area contributed by atoms with Gasteiger partial charge in [-0.25, -0.2) is 0 Å². The monoisotopic (exact) mass is 322 g/mol. The lowest BCUT2D eigenvalue weighted by atomic mass is 10.1. The molecule has 3 aromatic rings. The number of nitrogens with one attached hydrogen (secondary N) is 2. The number of benzene rings is 2. The third-order valence-corrected chi connectivity index (χ3v) is 4.18. The Morgan fingerprint density at radius 2 is 2.08 bits per heavy atom. The van der Waals surface area contributed by atoms with E-state index in [9.17, 15) is 9.90 Å². The van der Waals surface area contributed by atoms with Crippen LogP contribution in [0.25, 0.3) is 10.9 Å². The van der Waals surface area contributed by atoms with Gasteiger partial charge in [0.15, 0.2) is 0 Å². The second-order valence-corrected chi connectivity index (χ2v) is 6.13. The van der Waals surface area contributed by atoms with Crippen LogP contribution < -0.4 is 5.32 Å². The van der Waals surface area contributed by atoms with E-state index in [1.807, 2.05) is 55.6 Å². The minimum absolute atomic E-state index is 0.0455. The number of hydrogen-bond donors (Lipinski definition) is 3. The topological polar surface area (TPSA) is 65.1 Å². The number of carbonyl (C=O) groups excluding carboxylic acids is 1. The van der Waals surface area contributed by atoms with Crippen LogP contribution in [0.3, 0.4) is 0 Å². The third kappa shape index (κ3) is 4.03. The molecule has 1 amide bonds. The summed E-state index contributed by atoms with van der Waals surface area (Å²) in [7, 11) is 0. The SMILES string of the molecule is Cc1cccc(C(O)CNC(=O)CCc2ccc3[nH]ccc3c2)c1. The minimum atomic E-state index is -0.676. The molecule has 24 heavy (non-hydrogen) atoms. The molecule has 3 rings (SSSR count). The average Bonchev–Trinajstić information content (AvgIpc) is 3.05. The van der Waals surface area contributed by atoms with Crippen molar-refractivity contribution in [2.24, 2.45) is 0 Å². The number of aromatic nitrogens is 1. The summed E-state index contributed by atoms with van der Waals surface area (Å²) in [5.74, 6) is -0.0455. The summed E-state index contributed by atoms with van der Waals surface area (Å²) in [6.45, 7) is 2.22. The number of aliphatic hydroxyl groups is 1. The summed E-state index contributed by atoms with van der Waals surface area (Å²) in [6, 6.07) is 15.9. The van der Waals surface area contributed by atoms with Crippen LogP contribution in [-0.2, 0) is 11.2 Å². The molecule has 0 saturated carbocycles. The number of fused-ring (bicyclic) bond motifs is 1. The van der Waals surface area contributed by atoms with Crippen LogP contribution in [-0.4, -0.2) is 22.5 Å². The number of carbonyl (C=O) groups is 1. The number of hydrogen-bond acceptors (Lipinski definition) is 2. The quantitative estimate of drug-likeness (QED) is 0.652. The van der Waals surface area contributed by atoms with E-state index in [4.69, 9.17) is 0 Å². The van der Waals surface area contributed by atoms with Crippen LogP contribution in [0, 0.1) is 6.92 Å². The van der Waals surface area contributed by atoms with Gasteiger partial charge in [-0.05, 0) is 48.1 Å². The Hall–Kier alpha value is -2.59. The first-order valence-electron chi connectivity index (χ1n) is 8.19. The van der Waals surface area contributed by atoms with Crippen molar-refractivity contribution < 1.29 is 9.90 Å². The Kier molecular flexibility index (Phi) is 4.96. The second kappa shape index (κ2) is 7.32. The first-order chi connectivity index (χ1) is 11.6. The van der Waals surface area contributed by atoms with E-state index in [1.165, 1.54) is 0 Å². The summed E-state index contributed by atoms with van der Waals surface area (Å²) in [4.78, 5) is 15.2. The summed E-state index contributed by atoms with van der Waals surface area (Å²) in [6.07, 6.45) is 2.34. The van der Waals surface area contributed by atoms with Crippen molar-refractivity contribution in [1.29, 1.82) is 0 Å². The normalized spacial score (nSPS) is 12.2. The maximum absolute atomic E-state index is 12.0. The van der Waals surface area contributed by atoms with Crippen molar-refractivity contribution in [1.82, 2.24) is 10.3 Å². The zero-order valence-corrected chi connectivity index (χ0v) is 13.8. The smallest absolute Gasteiger partial charge is 0.220 e. The highest BCUT2D eigenvalue weighted by Crippen LogP contribution is 2.16. The zero-order chi connectivity index (χ0) is 16.9. The first kappa shape index (κ1) is 16.3. The molecule has 124 valence electrons. The maximum atomic E-state index is 12.0. The molecule has 1 atom stereocenters. The molecule has 4 nitrogen and oxygen atoms in total. The molecule has 2 aromatic carbocycles. The molecule has 4 heteroatoms. The molecule has 0 radical (unpaired) electrons. The average molecular weight is 322 g/mol. The van der Waals surface area contributed by atoms with Crippen LogP contribution in [0.15, 0.2) is 54.7 Å². The van der Waals surface area contributed by atoms with Crippen molar-refractivity contribution in [2.75, 3.05) is 6.54 Å². The van der Waals surface area contributed by atoms with Gasteiger partial charge in [0.2, 0.25) is 5.91 Å². The third-order valence-electron chi connectivity index (χ3n) is 4.18. The molecule has 0 saturated heterocycles. The summed E-state index contributed by atoms with van der Waals surface area (Å²) in [5.41, 5.74) is 4.16. The van der Waals surface area contributed by atoms with Crippen LogP contribution in [0.4, 0.5) is 0 Å².